The molecule has 0 saturated carbocycles. The van der Waals surface area contributed by atoms with Crippen molar-refractivity contribution in [3.8, 4) is 5.75 Å². The third-order valence-corrected chi connectivity index (χ3v) is 2.05. The van der Waals surface area contributed by atoms with Crippen molar-refractivity contribution in [1.82, 2.24) is 0 Å². The van der Waals surface area contributed by atoms with Gasteiger partial charge in [-0.15, -0.1) is 0 Å². The second-order valence-electron chi connectivity index (χ2n) is 3.27. The summed E-state index contributed by atoms with van der Waals surface area (Å²) in [4.78, 5) is 10.5. The number of carboxylic acid groups (broad SMARTS) is 1. The molecule has 0 bridgehead atoms. The predicted octanol–water partition coefficient (Wildman–Crippen LogP) is 0.655. The van der Waals surface area contributed by atoms with Gasteiger partial charge in [0.1, 0.15) is 11.8 Å². The Hall–Kier alpha value is -1.55. The average Bonchev–Trinajstić information content (AvgIpc) is 2.11. The molecule has 76 valence electrons. The number of carboxylic acids is 1. The number of carbonyl (C=O) groups is 1. The topological polar surface area (TPSA) is 83.6 Å². The van der Waals surface area contributed by atoms with Crippen molar-refractivity contribution in [2.75, 3.05) is 0 Å². The fraction of sp³-hybridized carbons (Fsp3) is 0.300. The first-order chi connectivity index (χ1) is 6.50. The number of aromatic hydroxyl groups is 1. The molecule has 1 aromatic rings. The molecule has 4 nitrogen and oxygen atoms in total. The Bertz CT molecular complexity index is 349. The molecule has 0 radical (unpaired) electrons. The maximum Gasteiger partial charge on any atom is 0.320 e. The first-order valence-corrected chi connectivity index (χ1v) is 4.27. The minimum atomic E-state index is -1.04. The van der Waals surface area contributed by atoms with Crippen LogP contribution in [0, 0.1) is 6.92 Å². The van der Waals surface area contributed by atoms with Gasteiger partial charge in [-0.2, -0.15) is 0 Å². The van der Waals surface area contributed by atoms with Crippen LogP contribution in [-0.4, -0.2) is 22.2 Å². The van der Waals surface area contributed by atoms with E-state index in [-0.39, 0.29) is 12.2 Å². The second kappa shape index (κ2) is 4.11. The quantitative estimate of drug-likeness (QED) is 0.661. The summed E-state index contributed by atoms with van der Waals surface area (Å²) in [5, 5.41) is 17.9. The standard InChI is InChI=1S/C10H13NO3/c1-6-2-3-7(5-9(6)12)4-8(11)10(13)14/h2-3,5,8,12H,4,11H2,1H3,(H,13,14)/t8-/m1/s1. The summed E-state index contributed by atoms with van der Waals surface area (Å²) < 4.78 is 0. The summed E-state index contributed by atoms with van der Waals surface area (Å²) in [5.41, 5.74) is 6.84. The van der Waals surface area contributed by atoms with E-state index < -0.39 is 12.0 Å². The molecule has 0 aliphatic heterocycles. The van der Waals surface area contributed by atoms with Gasteiger partial charge in [-0.3, -0.25) is 4.79 Å². The molecule has 0 fully saturated rings. The zero-order valence-electron chi connectivity index (χ0n) is 7.90. The van der Waals surface area contributed by atoms with Crippen molar-refractivity contribution in [3.63, 3.8) is 0 Å². The number of hydrogen-bond donors (Lipinski definition) is 3. The highest BCUT2D eigenvalue weighted by atomic mass is 16.4. The highest BCUT2D eigenvalue weighted by Gasteiger charge is 2.12. The summed E-state index contributed by atoms with van der Waals surface area (Å²) in [6, 6.07) is 4.12. The van der Waals surface area contributed by atoms with E-state index in [1.54, 1.807) is 19.1 Å². The van der Waals surface area contributed by atoms with E-state index >= 15 is 0 Å². The van der Waals surface area contributed by atoms with Crippen LogP contribution >= 0.6 is 0 Å². The molecule has 1 rings (SSSR count). The number of aliphatic carboxylic acids is 1. The van der Waals surface area contributed by atoms with Crippen LogP contribution in [-0.2, 0) is 11.2 Å². The molecule has 0 aliphatic rings. The summed E-state index contributed by atoms with van der Waals surface area (Å²) in [5.74, 6) is -0.870. The Kier molecular flexibility index (Phi) is 3.09. The maximum atomic E-state index is 10.5. The molecule has 4 heteroatoms. The van der Waals surface area contributed by atoms with Gasteiger partial charge in [0.2, 0.25) is 0 Å². The first kappa shape index (κ1) is 10.5. The van der Waals surface area contributed by atoms with Crippen molar-refractivity contribution in [1.29, 1.82) is 0 Å². The van der Waals surface area contributed by atoms with Crippen LogP contribution in [0.2, 0.25) is 0 Å². The number of phenolic OH excluding ortho intramolecular Hbond substituents is 1. The Morgan fingerprint density at radius 1 is 1.57 bits per heavy atom. The van der Waals surface area contributed by atoms with E-state index in [9.17, 15) is 9.90 Å². The second-order valence-corrected chi connectivity index (χ2v) is 3.27. The van der Waals surface area contributed by atoms with Gasteiger partial charge in [-0.25, -0.2) is 0 Å². The molecule has 14 heavy (non-hydrogen) atoms. The van der Waals surface area contributed by atoms with E-state index in [2.05, 4.69) is 0 Å². The van der Waals surface area contributed by atoms with Crippen LogP contribution in [0.25, 0.3) is 0 Å². The number of nitrogens with two attached hydrogens (primary N) is 1. The summed E-state index contributed by atoms with van der Waals surface area (Å²) in [7, 11) is 0. The molecule has 0 saturated heterocycles. The minimum Gasteiger partial charge on any atom is -0.508 e. The Labute approximate surface area is 82.0 Å². The molecule has 0 unspecified atom stereocenters. The van der Waals surface area contributed by atoms with Crippen LogP contribution in [0.4, 0.5) is 0 Å². The normalized spacial score (nSPS) is 12.4. The van der Waals surface area contributed by atoms with Gasteiger partial charge in [0, 0.05) is 0 Å². The third kappa shape index (κ3) is 2.47. The van der Waals surface area contributed by atoms with Crippen molar-refractivity contribution < 1.29 is 15.0 Å². The minimum absolute atomic E-state index is 0.167. The van der Waals surface area contributed by atoms with Gasteiger partial charge in [0.25, 0.3) is 0 Å². The van der Waals surface area contributed by atoms with E-state index in [0.717, 1.165) is 11.1 Å². The van der Waals surface area contributed by atoms with Crippen molar-refractivity contribution >= 4 is 5.97 Å². The maximum absolute atomic E-state index is 10.5. The molecule has 0 heterocycles. The van der Waals surface area contributed by atoms with E-state index in [0.29, 0.717) is 0 Å². The Balaban J connectivity index is 2.78. The van der Waals surface area contributed by atoms with Gasteiger partial charge in [-0.1, -0.05) is 12.1 Å². The number of rotatable bonds is 3. The highest BCUT2D eigenvalue weighted by molar-refractivity contribution is 5.73. The molecule has 0 aliphatic carbocycles. The number of aryl methyl sites for hydroxylation is 1. The van der Waals surface area contributed by atoms with E-state index in [1.807, 2.05) is 0 Å². The molecule has 1 aromatic carbocycles. The van der Waals surface area contributed by atoms with Crippen LogP contribution in [0.5, 0.6) is 5.75 Å². The lowest BCUT2D eigenvalue weighted by Crippen LogP contribution is -2.32. The first-order valence-electron chi connectivity index (χ1n) is 4.27. The fourth-order valence-corrected chi connectivity index (χ4v) is 1.12. The number of phenols is 1. The van der Waals surface area contributed by atoms with Gasteiger partial charge in [0.15, 0.2) is 0 Å². The molecule has 0 amide bonds. The van der Waals surface area contributed by atoms with E-state index in [4.69, 9.17) is 10.8 Å². The monoisotopic (exact) mass is 195 g/mol. The Morgan fingerprint density at radius 2 is 2.21 bits per heavy atom. The highest BCUT2D eigenvalue weighted by Crippen LogP contribution is 2.18. The lowest BCUT2D eigenvalue weighted by atomic mass is 10.0. The largest absolute Gasteiger partial charge is 0.508 e. The van der Waals surface area contributed by atoms with Crippen molar-refractivity contribution in [2.24, 2.45) is 5.73 Å². The number of hydrogen-bond acceptors (Lipinski definition) is 3. The summed E-state index contributed by atoms with van der Waals surface area (Å²) in [6.45, 7) is 1.77. The fourth-order valence-electron chi connectivity index (χ4n) is 1.12. The van der Waals surface area contributed by atoms with Crippen molar-refractivity contribution in [3.05, 3.63) is 29.3 Å². The number of benzene rings is 1. The smallest absolute Gasteiger partial charge is 0.320 e. The van der Waals surface area contributed by atoms with Gasteiger partial charge in [0.05, 0.1) is 0 Å². The van der Waals surface area contributed by atoms with Crippen LogP contribution in [0.3, 0.4) is 0 Å². The predicted molar refractivity (Wildman–Crippen MR) is 52.2 cm³/mol. The van der Waals surface area contributed by atoms with E-state index in [1.165, 1.54) is 6.07 Å². The van der Waals surface area contributed by atoms with Crippen LogP contribution < -0.4 is 5.73 Å². The molecule has 0 spiro atoms. The zero-order chi connectivity index (χ0) is 10.7. The van der Waals surface area contributed by atoms with Crippen LogP contribution in [0.15, 0.2) is 18.2 Å². The Morgan fingerprint density at radius 3 is 2.71 bits per heavy atom. The molecular weight excluding hydrogens is 182 g/mol. The van der Waals surface area contributed by atoms with Gasteiger partial charge < -0.3 is 15.9 Å². The van der Waals surface area contributed by atoms with Crippen molar-refractivity contribution in [2.45, 2.75) is 19.4 Å². The van der Waals surface area contributed by atoms with Crippen LogP contribution in [0.1, 0.15) is 11.1 Å². The summed E-state index contributed by atoms with van der Waals surface area (Å²) >= 11 is 0. The zero-order valence-corrected chi connectivity index (χ0v) is 7.90. The molecular formula is C10H13NO3. The van der Waals surface area contributed by atoms with Gasteiger partial charge in [-0.05, 0) is 30.5 Å². The lowest BCUT2D eigenvalue weighted by molar-refractivity contribution is -0.138. The molecule has 1 atom stereocenters. The SMILES string of the molecule is Cc1ccc(C[C@@H](N)C(=O)O)cc1O. The lowest BCUT2D eigenvalue weighted by Gasteiger charge is -2.07. The van der Waals surface area contributed by atoms with Gasteiger partial charge >= 0.3 is 5.97 Å². The molecule has 0 aromatic heterocycles. The average molecular weight is 195 g/mol. The molecule has 4 N–H and O–H groups in total. The summed E-state index contributed by atoms with van der Waals surface area (Å²) in [6.07, 6.45) is 0.225. The third-order valence-electron chi connectivity index (χ3n) is 2.05.